The van der Waals surface area contributed by atoms with E-state index in [1.54, 1.807) is 0 Å². The van der Waals surface area contributed by atoms with E-state index in [-0.39, 0.29) is 12.2 Å². The van der Waals surface area contributed by atoms with Gasteiger partial charge in [0.2, 0.25) is 5.67 Å². The predicted octanol–water partition coefficient (Wildman–Crippen LogP) is 3.26. The summed E-state index contributed by atoms with van der Waals surface area (Å²) in [7, 11) is 0. The zero-order valence-electron chi connectivity index (χ0n) is 6.34. The van der Waals surface area contributed by atoms with Crippen molar-refractivity contribution in [3.05, 3.63) is 25.3 Å². The van der Waals surface area contributed by atoms with Crippen LogP contribution in [0, 0.1) is 0 Å². The Hall–Kier alpha value is -0.940. The fourth-order valence-electron chi connectivity index (χ4n) is 0.557. The molecule has 0 saturated heterocycles. The van der Waals surface area contributed by atoms with E-state index in [0.717, 1.165) is 0 Å². The summed E-state index contributed by atoms with van der Waals surface area (Å²) in [6, 6.07) is 0. The minimum Gasteiger partial charge on any atom is -0.228 e. The smallest absolute Gasteiger partial charge is 0.228 e. The van der Waals surface area contributed by atoms with Gasteiger partial charge in [-0.1, -0.05) is 13.2 Å². The van der Waals surface area contributed by atoms with Crippen molar-refractivity contribution in [2.24, 2.45) is 0 Å². The molecule has 0 N–H and O–H groups in total. The topological polar surface area (TPSA) is 0 Å². The summed E-state index contributed by atoms with van der Waals surface area (Å²) in [4.78, 5) is 0. The van der Waals surface area contributed by atoms with Crippen molar-refractivity contribution < 1.29 is 26.3 Å². The lowest BCUT2D eigenvalue weighted by Crippen LogP contribution is -2.52. The highest BCUT2D eigenvalue weighted by molar-refractivity contribution is 5.18. The number of hydrogen-bond acceptors (Lipinski definition) is 0. The average Bonchev–Trinajstić information content (AvgIpc) is 2.00. The molecule has 0 unspecified atom stereocenters. The summed E-state index contributed by atoms with van der Waals surface area (Å²) < 4.78 is 72.3. The molecule has 0 bridgehead atoms. The second-order valence-electron chi connectivity index (χ2n) is 2.25. The van der Waals surface area contributed by atoms with Gasteiger partial charge in [-0.25, -0.2) is 4.39 Å². The van der Waals surface area contributed by atoms with Crippen LogP contribution >= 0.6 is 0 Å². The van der Waals surface area contributed by atoms with Crippen LogP contribution in [-0.2, 0) is 0 Å². The summed E-state index contributed by atoms with van der Waals surface area (Å²) in [6.45, 7) is 5.11. The highest BCUT2D eigenvalue weighted by Crippen LogP contribution is 2.46. The second kappa shape index (κ2) is 3.08. The Bertz CT molecular complexity index is 206. The van der Waals surface area contributed by atoms with E-state index in [0.29, 0.717) is 0 Å². The van der Waals surface area contributed by atoms with Crippen molar-refractivity contribution >= 4 is 0 Å². The largest absolute Gasteiger partial charge is 0.457 e. The van der Waals surface area contributed by atoms with Crippen LogP contribution in [0.25, 0.3) is 0 Å². The van der Waals surface area contributed by atoms with E-state index in [4.69, 9.17) is 0 Å². The Morgan fingerprint density at radius 2 is 1.08 bits per heavy atom. The molecule has 0 fully saturated rings. The van der Waals surface area contributed by atoms with Gasteiger partial charge in [0.05, 0.1) is 0 Å². The fourth-order valence-corrected chi connectivity index (χ4v) is 0.557. The first-order chi connectivity index (χ1) is 5.62. The summed E-state index contributed by atoms with van der Waals surface area (Å²) in [5.74, 6) is -5.51. The Balaban J connectivity index is 5.24. The minimum atomic E-state index is -5.97. The number of hydrogen-bond donors (Lipinski definition) is 0. The maximum atomic E-state index is 12.8. The van der Waals surface area contributed by atoms with Crippen molar-refractivity contribution in [2.75, 3.05) is 0 Å². The zero-order chi connectivity index (χ0) is 10.9. The molecule has 13 heavy (non-hydrogen) atoms. The molecule has 0 aliphatic rings. The van der Waals surface area contributed by atoms with Crippen LogP contribution in [-0.4, -0.2) is 17.8 Å². The lowest BCUT2D eigenvalue weighted by molar-refractivity contribution is -0.310. The van der Waals surface area contributed by atoms with E-state index in [9.17, 15) is 26.3 Å². The van der Waals surface area contributed by atoms with E-state index in [2.05, 4.69) is 13.2 Å². The molecule has 0 aromatic rings. The molecule has 0 atom stereocenters. The normalized spacial score (nSPS) is 14.0. The molecular weight excluding hydrogens is 198 g/mol. The Kier molecular flexibility index (Phi) is 2.86. The minimum absolute atomic E-state index is 0.131. The Morgan fingerprint density at radius 3 is 1.15 bits per heavy atom. The van der Waals surface area contributed by atoms with Crippen molar-refractivity contribution in [1.82, 2.24) is 0 Å². The van der Waals surface area contributed by atoms with E-state index < -0.39 is 17.8 Å². The van der Waals surface area contributed by atoms with Crippen molar-refractivity contribution in [3.63, 3.8) is 0 Å². The highest BCUT2D eigenvalue weighted by atomic mass is 19.4. The Labute approximate surface area is 70.5 Å². The zero-order valence-corrected chi connectivity index (χ0v) is 6.34. The van der Waals surface area contributed by atoms with Crippen LogP contribution in [0.4, 0.5) is 26.3 Å². The van der Waals surface area contributed by atoms with Crippen LogP contribution < -0.4 is 0 Å². The molecule has 0 radical (unpaired) electrons. The molecule has 0 spiro atoms. The first-order valence-electron chi connectivity index (χ1n) is 3.03. The molecule has 0 nitrogen and oxygen atoms in total. The van der Waals surface area contributed by atoms with Gasteiger partial charge in [-0.15, -0.1) is 0 Å². The lowest BCUT2D eigenvalue weighted by Gasteiger charge is -2.29. The van der Waals surface area contributed by atoms with Crippen molar-refractivity contribution in [2.45, 2.75) is 17.8 Å². The number of allylic oxidation sites excluding steroid dienone is 2. The molecule has 6 heteroatoms. The maximum Gasteiger partial charge on any atom is 0.457 e. The van der Waals surface area contributed by atoms with E-state index >= 15 is 0 Å². The van der Waals surface area contributed by atoms with Gasteiger partial charge < -0.3 is 0 Å². The molecule has 0 aliphatic carbocycles. The van der Waals surface area contributed by atoms with Gasteiger partial charge in [0.25, 0.3) is 0 Å². The van der Waals surface area contributed by atoms with Gasteiger partial charge in [0, 0.05) is 0 Å². The Morgan fingerprint density at radius 1 is 0.769 bits per heavy atom. The first-order valence-corrected chi connectivity index (χ1v) is 3.03. The monoisotopic (exact) mass is 204 g/mol. The SMILES string of the molecule is C=CC(F)(C=C)C(F)(F)C(F)(F)F. The summed E-state index contributed by atoms with van der Waals surface area (Å²) in [6.07, 6.45) is -6.23. The molecule has 0 amide bonds. The van der Waals surface area contributed by atoms with Crippen LogP contribution in [0.2, 0.25) is 0 Å². The van der Waals surface area contributed by atoms with E-state index in [1.807, 2.05) is 0 Å². The third-order valence-electron chi connectivity index (χ3n) is 1.43. The number of alkyl halides is 6. The van der Waals surface area contributed by atoms with Crippen LogP contribution in [0.15, 0.2) is 25.3 Å². The molecule has 0 aromatic carbocycles. The summed E-state index contributed by atoms with van der Waals surface area (Å²) in [5.41, 5.74) is -3.97. The quantitative estimate of drug-likeness (QED) is 0.489. The first kappa shape index (κ1) is 12.1. The molecule has 0 aromatic heterocycles. The predicted molar refractivity (Wildman–Crippen MR) is 35.2 cm³/mol. The lowest BCUT2D eigenvalue weighted by atomic mass is 9.97. The number of rotatable bonds is 3. The summed E-state index contributed by atoms with van der Waals surface area (Å²) >= 11 is 0. The van der Waals surface area contributed by atoms with Gasteiger partial charge in [-0.3, -0.25) is 0 Å². The third kappa shape index (κ3) is 1.71. The highest BCUT2D eigenvalue weighted by Gasteiger charge is 2.69. The third-order valence-corrected chi connectivity index (χ3v) is 1.43. The number of halogens is 6. The molecule has 76 valence electrons. The van der Waals surface area contributed by atoms with Gasteiger partial charge in [-0.2, -0.15) is 22.0 Å². The van der Waals surface area contributed by atoms with Gasteiger partial charge in [0.1, 0.15) is 0 Å². The van der Waals surface area contributed by atoms with E-state index in [1.165, 1.54) is 0 Å². The maximum absolute atomic E-state index is 12.8. The van der Waals surface area contributed by atoms with Gasteiger partial charge in [0.15, 0.2) is 0 Å². The molecular formula is C7H6F6. The van der Waals surface area contributed by atoms with Gasteiger partial charge >= 0.3 is 12.1 Å². The van der Waals surface area contributed by atoms with Crippen molar-refractivity contribution in [1.29, 1.82) is 0 Å². The van der Waals surface area contributed by atoms with Crippen LogP contribution in [0.1, 0.15) is 0 Å². The average molecular weight is 204 g/mol. The molecule has 0 rings (SSSR count). The fraction of sp³-hybridized carbons (Fsp3) is 0.429. The van der Waals surface area contributed by atoms with Crippen molar-refractivity contribution in [3.8, 4) is 0 Å². The second-order valence-corrected chi connectivity index (χ2v) is 2.25. The van der Waals surface area contributed by atoms with Gasteiger partial charge in [-0.05, 0) is 12.2 Å². The molecule has 0 saturated carbocycles. The van der Waals surface area contributed by atoms with Crippen LogP contribution in [0.5, 0.6) is 0 Å². The van der Waals surface area contributed by atoms with Crippen LogP contribution in [0.3, 0.4) is 0 Å². The summed E-state index contributed by atoms with van der Waals surface area (Å²) in [5, 5.41) is 0. The molecule has 0 heterocycles. The molecule has 0 aliphatic heterocycles. The standard InChI is InChI=1S/C7H6F6/c1-3-5(8,4-2)6(9,10)7(11,12)13/h3-4H,1-2H2.